The number of thiophene rings is 1. The van der Waals surface area contributed by atoms with Crippen LogP contribution in [0.2, 0.25) is 0 Å². The molecule has 0 aliphatic rings. The van der Waals surface area contributed by atoms with Gasteiger partial charge in [0.25, 0.3) is 0 Å². The van der Waals surface area contributed by atoms with Gasteiger partial charge in [-0.3, -0.25) is 4.79 Å². The van der Waals surface area contributed by atoms with Crippen LogP contribution in [-0.2, 0) is 19.3 Å². The van der Waals surface area contributed by atoms with Crippen molar-refractivity contribution in [3.63, 3.8) is 0 Å². The minimum absolute atomic E-state index is 0.0225. The van der Waals surface area contributed by atoms with Crippen LogP contribution in [0.5, 0.6) is 0 Å². The lowest BCUT2D eigenvalue weighted by Crippen LogP contribution is -2.40. The third-order valence-electron chi connectivity index (χ3n) is 4.79. The monoisotopic (exact) mass is 373 g/mol. The number of aliphatic hydroxyl groups excluding tert-OH is 1. The Morgan fingerprint density at radius 3 is 2.42 bits per heavy atom. The number of unbranched alkanes of at least 4 members (excludes halogenated alkanes) is 1. The van der Waals surface area contributed by atoms with Crippen LogP contribution in [0.15, 0.2) is 36.4 Å². The molecule has 1 heterocycles. The van der Waals surface area contributed by atoms with Gasteiger partial charge < -0.3 is 10.8 Å². The fraction of sp³-hybridized carbons (Fsp3) is 0.500. The zero-order valence-corrected chi connectivity index (χ0v) is 16.8. The van der Waals surface area contributed by atoms with Crippen LogP contribution in [0.3, 0.4) is 0 Å². The molecule has 2 rings (SSSR count). The van der Waals surface area contributed by atoms with Crippen LogP contribution < -0.4 is 5.73 Å². The van der Waals surface area contributed by atoms with E-state index in [0.29, 0.717) is 12.8 Å². The lowest BCUT2D eigenvalue weighted by molar-refractivity contribution is 0.0983. The van der Waals surface area contributed by atoms with Gasteiger partial charge in [-0.15, -0.1) is 11.3 Å². The van der Waals surface area contributed by atoms with Gasteiger partial charge in [-0.2, -0.15) is 0 Å². The van der Waals surface area contributed by atoms with E-state index in [1.165, 1.54) is 11.1 Å². The number of aryl methyl sites for hydroxylation is 3. The number of benzene rings is 1. The Morgan fingerprint density at radius 2 is 1.77 bits per heavy atom. The molecule has 0 fully saturated rings. The minimum atomic E-state index is -0.552. The van der Waals surface area contributed by atoms with Gasteiger partial charge in [0.05, 0.1) is 11.5 Å². The van der Waals surface area contributed by atoms with Gasteiger partial charge >= 0.3 is 0 Å². The highest BCUT2D eigenvalue weighted by Crippen LogP contribution is 2.22. The predicted molar refractivity (Wildman–Crippen MR) is 110 cm³/mol. The van der Waals surface area contributed by atoms with Crippen LogP contribution in [-0.4, -0.2) is 23.0 Å². The fourth-order valence-electron chi connectivity index (χ4n) is 2.83. The van der Waals surface area contributed by atoms with E-state index in [1.54, 1.807) is 11.3 Å². The second kappa shape index (κ2) is 10.0. The van der Waals surface area contributed by atoms with E-state index in [0.717, 1.165) is 41.9 Å². The summed E-state index contributed by atoms with van der Waals surface area (Å²) in [5, 5.41) is 9.22. The minimum Gasteiger partial charge on any atom is -0.394 e. The quantitative estimate of drug-likeness (QED) is 0.449. The first-order valence-corrected chi connectivity index (χ1v) is 10.3. The van der Waals surface area contributed by atoms with E-state index >= 15 is 0 Å². The summed E-state index contributed by atoms with van der Waals surface area (Å²) in [4.78, 5) is 14.4. The number of hydrogen-bond donors (Lipinski definition) is 2. The summed E-state index contributed by atoms with van der Waals surface area (Å²) >= 11 is 1.56. The van der Waals surface area contributed by atoms with Crippen LogP contribution in [0.1, 0.15) is 65.2 Å². The summed E-state index contributed by atoms with van der Waals surface area (Å²) in [6.07, 6.45) is 6.20. The summed E-state index contributed by atoms with van der Waals surface area (Å²) in [5.41, 5.74) is 8.13. The average Bonchev–Trinajstić information content (AvgIpc) is 3.13. The van der Waals surface area contributed by atoms with Crippen molar-refractivity contribution >= 4 is 17.1 Å². The highest BCUT2D eigenvalue weighted by molar-refractivity contribution is 7.14. The highest BCUT2D eigenvalue weighted by Gasteiger charge is 2.17. The smallest absolute Gasteiger partial charge is 0.172 e. The molecule has 0 aliphatic heterocycles. The first-order valence-electron chi connectivity index (χ1n) is 9.53. The number of ketones is 1. The Morgan fingerprint density at radius 1 is 1.08 bits per heavy atom. The lowest BCUT2D eigenvalue weighted by Gasteiger charge is -2.20. The molecule has 1 unspecified atom stereocenters. The Kier molecular flexibility index (Phi) is 8.01. The first-order chi connectivity index (χ1) is 12.4. The van der Waals surface area contributed by atoms with E-state index in [2.05, 4.69) is 31.2 Å². The summed E-state index contributed by atoms with van der Waals surface area (Å²) in [6, 6.07) is 12.7. The van der Waals surface area contributed by atoms with E-state index < -0.39 is 5.54 Å². The van der Waals surface area contributed by atoms with E-state index in [4.69, 9.17) is 5.73 Å². The molecule has 0 bridgehead atoms. The first kappa shape index (κ1) is 20.8. The van der Waals surface area contributed by atoms with Crippen LogP contribution >= 0.6 is 11.3 Å². The normalized spacial score (nSPS) is 13.5. The number of aliphatic hydroxyl groups is 1. The van der Waals surface area contributed by atoms with Crippen molar-refractivity contribution in [3.8, 4) is 0 Å². The standard InChI is InChI=1S/C22H31NO2S/c1-3-17-8-10-18(11-9-17)6-4-5-7-20(25)21-13-12-19(26-21)14-15-22(2,23)16-24/h8-13,24H,3-7,14-16,23H2,1-2H3. The van der Waals surface area contributed by atoms with Crippen molar-refractivity contribution in [2.75, 3.05) is 6.61 Å². The number of Topliss-reactive ketones (excluding diaryl/α,β-unsaturated/α-hetero) is 1. The van der Waals surface area contributed by atoms with Gasteiger partial charge in [-0.05, 0) is 68.7 Å². The SMILES string of the molecule is CCc1ccc(CCCCC(=O)c2ccc(CCC(C)(N)CO)s2)cc1. The molecule has 142 valence electrons. The van der Waals surface area contributed by atoms with Crippen LogP contribution in [0.4, 0.5) is 0 Å². The second-order valence-electron chi connectivity index (χ2n) is 7.38. The molecule has 1 aromatic heterocycles. The summed E-state index contributed by atoms with van der Waals surface area (Å²) in [5.74, 6) is 0.236. The van der Waals surface area contributed by atoms with Crippen LogP contribution in [0, 0.1) is 0 Å². The van der Waals surface area contributed by atoms with E-state index in [9.17, 15) is 9.90 Å². The van der Waals surface area contributed by atoms with Crippen molar-refractivity contribution < 1.29 is 9.90 Å². The van der Waals surface area contributed by atoms with Gasteiger partial charge in [0.1, 0.15) is 0 Å². The lowest BCUT2D eigenvalue weighted by atomic mass is 9.98. The third-order valence-corrected chi connectivity index (χ3v) is 5.98. The molecule has 26 heavy (non-hydrogen) atoms. The largest absolute Gasteiger partial charge is 0.394 e. The van der Waals surface area contributed by atoms with Gasteiger partial charge in [0.15, 0.2) is 5.78 Å². The Balaban J connectivity index is 1.72. The number of carbonyl (C=O) groups is 1. The zero-order valence-electron chi connectivity index (χ0n) is 16.0. The van der Waals surface area contributed by atoms with Gasteiger partial charge in [0.2, 0.25) is 0 Å². The molecular weight excluding hydrogens is 342 g/mol. The molecule has 0 aliphatic carbocycles. The Hall–Kier alpha value is -1.49. The summed E-state index contributed by atoms with van der Waals surface area (Å²) in [7, 11) is 0. The third kappa shape index (κ3) is 6.67. The van der Waals surface area contributed by atoms with Gasteiger partial charge in [-0.25, -0.2) is 0 Å². The van der Waals surface area contributed by atoms with Gasteiger partial charge in [0, 0.05) is 16.8 Å². The maximum Gasteiger partial charge on any atom is 0.172 e. The molecule has 1 atom stereocenters. The van der Waals surface area contributed by atoms with Crippen LogP contribution in [0.25, 0.3) is 0 Å². The number of hydrogen-bond acceptors (Lipinski definition) is 4. The van der Waals surface area contributed by atoms with Gasteiger partial charge in [-0.1, -0.05) is 31.2 Å². The molecule has 0 saturated carbocycles. The maximum absolute atomic E-state index is 12.4. The molecule has 0 saturated heterocycles. The Bertz CT molecular complexity index is 688. The maximum atomic E-state index is 12.4. The molecular formula is C22H31NO2S. The van der Waals surface area contributed by atoms with Crippen molar-refractivity contribution in [1.29, 1.82) is 0 Å². The summed E-state index contributed by atoms with van der Waals surface area (Å²) in [6.45, 7) is 3.99. The molecule has 1 aromatic carbocycles. The molecule has 0 radical (unpaired) electrons. The highest BCUT2D eigenvalue weighted by atomic mass is 32.1. The number of carbonyl (C=O) groups excluding carboxylic acids is 1. The molecule has 3 N–H and O–H groups in total. The van der Waals surface area contributed by atoms with Crippen molar-refractivity contribution in [2.24, 2.45) is 5.73 Å². The van der Waals surface area contributed by atoms with E-state index in [1.807, 2.05) is 19.1 Å². The zero-order chi connectivity index (χ0) is 19.0. The Labute approximate surface area is 161 Å². The molecule has 0 spiro atoms. The number of rotatable bonds is 11. The predicted octanol–water partition coefficient (Wildman–Crippen LogP) is 4.55. The van der Waals surface area contributed by atoms with Crippen molar-refractivity contribution in [1.82, 2.24) is 0 Å². The number of nitrogens with two attached hydrogens (primary N) is 1. The second-order valence-corrected chi connectivity index (χ2v) is 8.55. The van der Waals surface area contributed by atoms with Crippen molar-refractivity contribution in [3.05, 3.63) is 57.3 Å². The molecule has 0 amide bonds. The molecule has 2 aromatic rings. The molecule has 3 nitrogen and oxygen atoms in total. The van der Waals surface area contributed by atoms with Crippen molar-refractivity contribution in [2.45, 2.75) is 64.3 Å². The molecule has 4 heteroatoms. The topological polar surface area (TPSA) is 63.3 Å². The summed E-state index contributed by atoms with van der Waals surface area (Å²) < 4.78 is 0. The van der Waals surface area contributed by atoms with E-state index in [-0.39, 0.29) is 12.4 Å². The average molecular weight is 374 g/mol. The fourth-order valence-corrected chi connectivity index (χ4v) is 3.80.